The maximum Gasteiger partial charge on any atom is 0.309 e. The summed E-state index contributed by atoms with van der Waals surface area (Å²) in [4.78, 5) is 28.5. The van der Waals surface area contributed by atoms with Crippen molar-refractivity contribution >= 4 is 40.9 Å². The number of carbonyl (C=O) groups excluding carboxylic acids is 1. The second-order valence-corrected chi connectivity index (χ2v) is 12.6. The van der Waals surface area contributed by atoms with Gasteiger partial charge in [0.25, 0.3) is 0 Å². The van der Waals surface area contributed by atoms with Crippen molar-refractivity contribution in [1.29, 1.82) is 0 Å². The average molecular weight is 657 g/mol. The Balaban J connectivity index is 1.47. The van der Waals surface area contributed by atoms with Gasteiger partial charge in [-0.05, 0) is 89.9 Å². The van der Waals surface area contributed by atoms with Crippen LogP contribution < -0.4 is 19.5 Å². The summed E-state index contributed by atoms with van der Waals surface area (Å²) >= 11 is 8.09. The molecule has 8 nitrogen and oxygen atoms in total. The highest BCUT2D eigenvalue weighted by molar-refractivity contribution is 7.98. The number of fused-ring (bicyclic) bond motifs is 1. The second kappa shape index (κ2) is 14.7. The summed E-state index contributed by atoms with van der Waals surface area (Å²) in [5.74, 6) is -1.58. The van der Waals surface area contributed by atoms with Crippen molar-refractivity contribution in [3.05, 3.63) is 81.6 Å². The Bertz CT molecular complexity index is 1510. The molecule has 0 spiro atoms. The number of nitrogens with one attached hydrogen (secondary N) is 1. The number of carboxylic acids is 1. The molecule has 0 aromatic heterocycles. The molecule has 2 aliphatic heterocycles. The predicted molar refractivity (Wildman–Crippen MR) is 174 cm³/mol. The third kappa shape index (κ3) is 7.34. The van der Waals surface area contributed by atoms with Crippen LogP contribution in [0.3, 0.4) is 0 Å². The lowest BCUT2D eigenvalue weighted by molar-refractivity contribution is -0.143. The Kier molecular flexibility index (Phi) is 10.8. The summed E-state index contributed by atoms with van der Waals surface area (Å²) < 4.78 is 31.6. The van der Waals surface area contributed by atoms with Gasteiger partial charge in [0.15, 0.2) is 11.6 Å². The fraction of sp³-hybridized carbons (Fsp3) is 0.412. The molecule has 1 saturated heterocycles. The summed E-state index contributed by atoms with van der Waals surface area (Å²) in [7, 11) is 0. The molecule has 3 atom stereocenters. The van der Waals surface area contributed by atoms with Gasteiger partial charge in [-0.1, -0.05) is 37.6 Å². The van der Waals surface area contributed by atoms with E-state index in [1.807, 2.05) is 61.4 Å². The van der Waals surface area contributed by atoms with Crippen LogP contribution in [0.1, 0.15) is 54.5 Å². The molecular weight excluding hydrogens is 619 g/mol. The average Bonchev–Trinajstić information content (AvgIpc) is 3.66. The van der Waals surface area contributed by atoms with Gasteiger partial charge in [-0.15, -0.1) is 0 Å². The molecule has 2 aliphatic rings. The second-order valence-electron chi connectivity index (χ2n) is 11.2. The molecule has 45 heavy (non-hydrogen) atoms. The molecule has 240 valence electrons. The number of hydrogen-bond donors (Lipinski definition) is 2. The normalized spacial score (nSPS) is 19.1. The predicted octanol–water partition coefficient (Wildman–Crippen LogP) is 6.94. The SMILES string of the molecule is CCc1cc(Cl)cc(CC)c1NC(=O)CN1C[C@H](c2cc(F)c3c(c2)OCO3)C(C(=O)O)[C@@H]1c1ccc(OCCCSC)cc1. The van der Waals surface area contributed by atoms with E-state index < -0.39 is 29.7 Å². The Morgan fingerprint density at radius 3 is 2.44 bits per heavy atom. The zero-order chi connectivity index (χ0) is 32.1. The van der Waals surface area contributed by atoms with Crippen LogP contribution in [0.5, 0.6) is 17.2 Å². The number of hydrogen-bond acceptors (Lipinski definition) is 7. The van der Waals surface area contributed by atoms with Gasteiger partial charge in [-0.3, -0.25) is 14.5 Å². The molecule has 3 aromatic carbocycles. The van der Waals surface area contributed by atoms with Crippen molar-refractivity contribution < 1.29 is 33.3 Å². The number of ether oxygens (including phenoxy) is 3. The number of thioether (sulfide) groups is 1. The van der Waals surface area contributed by atoms with Crippen LogP contribution in [0, 0.1) is 11.7 Å². The summed E-state index contributed by atoms with van der Waals surface area (Å²) in [6.07, 6.45) is 4.32. The van der Waals surface area contributed by atoms with Gasteiger partial charge in [0.05, 0.1) is 19.1 Å². The number of likely N-dealkylation sites (tertiary alicyclic amines) is 1. The standard InChI is InChI=1S/C34H38ClFN2O6S/c1-4-20-13-24(35)14-21(5-2)31(20)37-29(39)18-38-17-26(23-15-27(36)33-28(16-23)43-19-44-33)30(34(40)41)32(38)22-7-9-25(10-8-22)42-11-6-12-45-3/h7-10,13-16,26,30,32H,4-6,11-12,17-19H2,1-3H3,(H,37,39)(H,40,41)/t26-,30?,32+/m1/s1. The summed E-state index contributed by atoms with van der Waals surface area (Å²) in [5, 5.41) is 14.3. The molecule has 11 heteroatoms. The number of aliphatic carboxylic acids is 1. The minimum absolute atomic E-state index is 0.0194. The van der Waals surface area contributed by atoms with Crippen LogP contribution in [0.15, 0.2) is 48.5 Å². The number of carbonyl (C=O) groups is 2. The quantitative estimate of drug-likeness (QED) is 0.191. The summed E-state index contributed by atoms with van der Waals surface area (Å²) in [5.41, 5.74) is 3.79. The number of rotatable bonds is 13. The highest BCUT2D eigenvalue weighted by atomic mass is 35.5. The zero-order valence-electron chi connectivity index (χ0n) is 25.6. The third-order valence-corrected chi connectivity index (χ3v) is 9.30. The van der Waals surface area contributed by atoms with E-state index >= 15 is 4.39 Å². The van der Waals surface area contributed by atoms with E-state index in [2.05, 4.69) is 5.32 Å². The first kappa shape index (κ1) is 32.9. The first-order valence-electron chi connectivity index (χ1n) is 15.1. The number of anilines is 1. The van der Waals surface area contributed by atoms with Gasteiger partial charge in [0.1, 0.15) is 5.75 Å². The van der Waals surface area contributed by atoms with Gasteiger partial charge in [-0.25, -0.2) is 4.39 Å². The molecule has 5 rings (SSSR count). The number of benzene rings is 3. The smallest absolute Gasteiger partial charge is 0.309 e. The van der Waals surface area contributed by atoms with Gasteiger partial charge in [0, 0.05) is 29.2 Å². The fourth-order valence-electron chi connectivity index (χ4n) is 6.29. The summed E-state index contributed by atoms with van der Waals surface area (Å²) in [6.45, 7) is 4.62. The molecule has 1 fully saturated rings. The first-order valence-corrected chi connectivity index (χ1v) is 16.9. The van der Waals surface area contributed by atoms with Crippen LogP contribution in [0.25, 0.3) is 0 Å². The molecular formula is C34H38ClFN2O6S. The molecule has 0 bridgehead atoms. The van der Waals surface area contributed by atoms with E-state index in [-0.39, 0.29) is 37.3 Å². The van der Waals surface area contributed by atoms with E-state index in [0.717, 1.165) is 34.6 Å². The lowest BCUT2D eigenvalue weighted by Gasteiger charge is -2.27. The van der Waals surface area contributed by atoms with E-state index in [0.29, 0.717) is 35.8 Å². The minimum atomic E-state index is -1.04. The third-order valence-electron chi connectivity index (χ3n) is 8.38. The molecule has 3 aromatic rings. The molecule has 1 amide bonds. The van der Waals surface area contributed by atoms with Crippen LogP contribution in [-0.4, -0.2) is 60.4 Å². The maximum atomic E-state index is 15.0. The Labute approximate surface area is 272 Å². The molecule has 0 radical (unpaired) electrons. The van der Waals surface area contributed by atoms with Crippen molar-refractivity contribution in [1.82, 2.24) is 4.90 Å². The van der Waals surface area contributed by atoms with Crippen molar-refractivity contribution in [2.24, 2.45) is 5.92 Å². The highest BCUT2D eigenvalue weighted by Crippen LogP contribution is 2.48. The van der Waals surface area contributed by atoms with Crippen molar-refractivity contribution in [2.45, 2.75) is 45.1 Å². The summed E-state index contributed by atoms with van der Waals surface area (Å²) in [6, 6.07) is 13.3. The number of amides is 1. The van der Waals surface area contributed by atoms with Gasteiger partial charge in [-0.2, -0.15) is 11.8 Å². The van der Waals surface area contributed by atoms with Crippen LogP contribution in [0.4, 0.5) is 10.1 Å². The van der Waals surface area contributed by atoms with E-state index in [1.54, 1.807) is 17.8 Å². The first-order chi connectivity index (χ1) is 21.7. The van der Waals surface area contributed by atoms with Crippen molar-refractivity contribution in [2.75, 3.05) is 43.8 Å². The van der Waals surface area contributed by atoms with Crippen LogP contribution >= 0.6 is 23.4 Å². The Hall–Kier alpha value is -3.47. The monoisotopic (exact) mass is 656 g/mol. The topological polar surface area (TPSA) is 97.3 Å². The largest absolute Gasteiger partial charge is 0.494 e. The van der Waals surface area contributed by atoms with Crippen LogP contribution in [0.2, 0.25) is 5.02 Å². The van der Waals surface area contributed by atoms with Gasteiger partial charge >= 0.3 is 5.97 Å². The Morgan fingerprint density at radius 1 is 1.09 bits per heavy atom. The molecule has 2 N–H and O–H groups in total. The minimum Gasteiger partial charge on any atom is -0.494 e. The molecule has 0 aliphatic carbocycles. The number of aryl methyl sites for hydroxylation is 2. The highest BCUT2D eigenvalue weighted by Gasteiger charge is 2.48. The maximum absolute atomic E-state index is 15.0. The fourth-order valence-corrected chi connectivity index (χ4v) is 6.96. The number of halogens is 2. The lowest BCUT2D eigenvalue weighted by Crippen LogP contribution is -2.35. The Morgan fingerprint density at radius 2 is 1.80 bits per heavy atom. The number of carboxylic acid groups (broad SMARTS) is 1. The number of nitrogens with zero attached hydrogens (tertiary/aromatic N) is 1. The van der Waals surface area contributed by atoms with Gasteiger partial charge < -0.3 is 24.6 Å². The van der Waals surface area contributed by atoms with E-state index in [9.17, 15) is 14.7 Å². The molecule has 1 unspecified atom stereocenters. The van der Waals surface area contributed by atoms with Crippen molar-refractivity contribution in [3.8, 4) is 17.2 Å². The van der Waals surface area contributed by atoms with E-state index in [4.69, 9.17) is 25.8 Å². The molecule has 0 saturated carbocycles. The molecule has 2 heterocycles. The van der Waals surface area contributed by atoms with Gasteiger partial charge in [0.2, 0.25) is 18.4 Å². The zero-order valence-corrected chi connectivity index (χ0v) is 27.2. The van der Waals surface area contributed by atoms with E-state index in [1.165, 1.54) is 6.07 Å². The van der Waals surface area contributed by atoms with Crippen molar-refractivity contribution in [3.63, 3.8) is 0 Å². The lowest BCUT2D eigenvalue weighted by atomic mass is 9.82. The van der Waals surface area contributed by atoms with Crippen LogP contribution in [-0.2, 0) is 22.4 Å².